The van der Waals surface area contributed by atoms with Crippen LogP contribution in [-0.4, -0.2) is 24.5 Å². The Morgan fingerprint density at radius 2 is 1.78 bits per heavy atom. The molecule has 5 heteroatoms. The zero-order valence-electron chi connectivity index (χ0n) is 10.9. The van der Waals surface area contributed by atoms with Gasteiger partial charge in [0.2, 0.25) is 5.91 Å². The lowest BCUT2D eigenvalue weighted by Crippen LogP contribution is -2.42. The lowest BCUT2D eigenvalue weighted by molar-refractivity contribution is -0.115. The Labute approximate surface area is 107 Å². The van der Waals surface area contributed by atoms with Crippen molar-refractivity contribution < 1.29 is 9.59 Å². The summed E-state index contributed by atoms with van der Waals surface area (Å²) in [6, 6.07) is 7.17. The molecular weight excluding hydrogens is 230 g/mol. The predicted molar refractivity (Wildman–Crippen MR) is 71.5 cm³/mol. The second-order valence-corrected chi connectivity index (χ2v) is 4.40. The molecule has 0 atom stereocenters. The minimum atomic E-state index is -0.343. The van der Waals surface area contributed by atoms with Crippen LogP contribution in [0.1, 0.15) is 19.4 Å². The lowest BCUT2D eigenvalue weighted by Gasteiger charge is -2.10. The standard InChI is InChI=1S/C13H19N3O2/c1-9(2)15-13(18)14-8-12(17)16-11-6-4-10(3)5-7-11/h4-7,9H,8H2,1-3H3,(H,16,17)(H2,14,15,18). The summed E-state index contributed by atoms with van der Waals surface area (Å²) in [7, 11) is 0. The van der Waals surface area contributed by atoms with Crippen molar-refractivity contribution in [2.75, 3.05) is 11.9 Å². The smallest absolute Gasteiger partial charge is 0.315 e. The fourth-order valence-corrected chi connectivity index (χ4v) is 1.32. The predicted octanol–water partition coefficient (Wildman–Crippen LogP) is 1.64. The summed E-state index contributed by atoms with van der Waals surface area (Å²) in [5, 5.41) is 7.82. The largest absolute Gasteiger partial charge is 0.336 e. The first-order valence-electron chi connectivity index (χ1n) is 5.88. The molecule has 18 heavy (non-hydrogen) atoms. The minimum Gasteiger partial charge on any atom is -0.336 e. The second-order valence-electron chi connectivity index (χ2n) is 4.40. The van der Waals surface area contributed by atoms with Crippen LogP contribution in [0.15, 0.2) is 24.3 Å². The zero-order valence-corrected chi connectivity index (χ0v) is 10.9. The lowest BCUT2D eigenvalue weighted by atomic mass is 10.2. The van der Waals surface area contributed by atoms with Crippen molar-refractivity contribution in [3.8, 4) is 0 Å². The molecule has 98 valence electrons. The molecule has 0 aliphatic heterocycles. The van der Waals surface area contributed by atoms with Gasteiger partial charge < -0.3 is 16.0 Å². The number of urea groups is 1. The Morgan fingerprint density at radius 3 is 2.33 bits per heavy atom. The molecule has 0 fully saturated rings. The van der Waals surface area contributed by atoms with Gasteiger partial charge in [-0.3, -0.25) is 4.79 Å². The third-order valence-corrected chi connectivity index (χ3v) is 2.16. The number of hydrogen-bond donors (Lipinski definition) is 3. The Kier molecular flexibility index (Phi) is 5.17. The van der Waals surface area contributed by atoms with Crippen molar-refractivity contribution in [1.29, 1.82) is 0 Å². The van der Waals surface area contributed by atoms with E-state index in [1.807, 2.05) is 45.0 Å². The summed E-state index contributed by atoms with van der Waals surface area (Å²) in [5.41, 5.74) is 1.85. The van der Waals surface area contributed by atoms with Crippen LogP contribution in [0, 0.1) is 6.92 Å². The van der Waals surface area contributed by atoms with Gasteiger partial charge in [0.15, 0.2) is 0 Å². The van der Waals surface area contributed by atoms with Crippen LogP contribution in [0.5, 0.6) is 0 Å². The molecule has 0 bridgehead atoms. The molecule has 0 unspecified atom stereocenters. The molecule has 0 aliphatic rings. The normalized spacial score (nSPS) is 10.0. The quantitative estimate of drug-likeness (QED) is 0.759. The molecule has 1 aromatic carbocycles. The van der Waals surface area contributed by atoms with Crippen molar-refractivity contribution >= 4 is 17.6 Å². The Bertz CT molecular complexity index is 413. The van der Waals surface area contributed by atoms with E-state index in [9.17, 15) is 9.59 Å². The van der Waals surface area contributed by atoms with E-state index < -0.39 is 0 Å². The van der Waals surface area contributed by atoms with E-state index in [4.69, 9.17) is 0 Å². The first-order valence-corrected chi connectivity index (χ1v) is 5.88. The van der Waals surface area contributed by atoms with E-state index in [2.05, 4.69) is 16.0 Å². The Hall–Kier alpha value is -2.04. The summed E-state index contributed by atoms with van der Waals surface area (Å²) < 4.78 is 0. The van der Waals surface area contributed by atoms with Crippen LogP contribution < -0.4 is 16.0 Å². The summed E-state index contributed by atoms with van der Waals surface area (Å²) in [5.74, 6) is -0.252. The summed E-state index contributed by atoms with van der Waals surface area (Å²) in [6.45, 7) is 5.63. The highest BCUT2D eigenvalue weighted by Crippen LogP contribution is 2.07. The van der Waals surface area contributed by atoms with Gasteiger partial charge in [0.25, 0.3) is 0 Å². The fourth-order valence-electron chi connectivity index (χ4n) is 1.32. The highest BCUT2D eigenvalue weighted by molar-refractivity contribution is 5.94. The van der Waals surface area contributed by atoms with Gasteiger partial charge in [0.1, 0.15) is 0 Å². The van der Waals surface area contributed by atoms with Crippen LogP contribution >= 0.6 is 0 Å². The molecule has 1 rings (SSSR count). The van der Waals surface area contributed by atoms with E-state index >= 15 is 0 Å². The van der Waals surface area contributed by atoms with E-state index in [1.165, 1.54) is 0 Å². The van der Waals surface area contributed by atoms with Crippen molar-refractivity contribution in [3.05, 3.63) is 29.8 Å². The summed E-state index contributed by atoms with van der Waals surface area (Å²) in [4.78, 5) is 22.8. The molecule has 0 saturated carbocycles. The van der Waals surface area contributed by atoms with Crippen LogP contribution in [0.4, 0.5) is 10.5 Å². The van der Waals surface area contributed by atoms with Crippen LogP contribution in [-0.2, 0) is 4.79 Å². The average molecular weight is 249 g/mol. The number of nitrogens with one attached hydrogen (secondary N) is 3. The summed E-state index contributed by atoms with van der Waals surface area (Å²) >= 11 is 0. The number of rotatable bonds is 4. The molecule has 0 aromatic heterocycles. The number of carbonyl (C=O) groups excluding carboxylic acids is 2. The van der Waals surface area contributed by atoms with Crippen molar-refractivity contribution in [2.45, 2.75) is 26.8 Å². The van der Waals surface area contributed by atoms with Crippen LogP contribution in [0.25, 0.3) is 0 Å². The van der Waals surface area contributed by atoms with Gasteiger partial charge in [-0.1, -0.05) is 17.7 Å². The maximum Gasteiger partial charge on any atom is 0.315 e. The molecule has 0 heterocycles. The third kappa shape index (κ3) is 5.34. The molecule has 3 amide bonds. The number of hydrogen-bond acceptors (Lipinski definition) is 2. The van der Waals surface area contributed by atoms with Crippen molar-refractivity contribution in [1.82, 2.24) is 10.6 Å². The number of amides is 3. The molecule has 0 spiro atoms. The highest BCUT2D eigenvalue weighted by Gasteiger charge is 2.06. The van der Waals surface area contributed by atoms with E-state index in [0.717, 1.165) is 11.3 Å². The molecule has 0 radical (unpaired) electrons. The van der Waals surface area contributed by atoms with Gasteiger partial charge in [-0.25, -0.2) is 4.79 Å². The van der Waals surface area contributed by atoms with Crippen molar-refractivity contribution in [2.24, 2.45) is 0 Å². The number of benzene rings is 1. The van der Waals surface area contributed by atoms with Gasteiger partial charge in [-0.05, 0) is 32.9 Å². The van der Waals surface area contributed by atoms with Gasteiger partial charge in [-0.15, -0.1) is 0 Å². The Balaban J connectivity index is 2.34. The number of anilines is 1. The highest BCUT2D eigenvalue weighted by atomic mass is 16.2. The van der Waals surface area contributed by atoms with Crippen LogP contribution in [0.3, 0.4) is 0 Å². The third-order valence-electron chi connectivity index (χ3n) is 2.16. The number of aryl methyl sites for hydroxylation is 1. The maximum atomic E-state index is 11.5. The van der Waals surface area contributed by atoms with E-state index in [0.29, 0.717) is 0 Å². The second kappa shape index (κ2) is 6.64. The zero-order chi connectivity index (χ0) is 13.5. The van der Waals surface area contributed by atoms with Gasteiger partial charge >= 0.3 is 6.03 Å². The van der Waals surface area contributed by atoms with Crippen molar-refractivity contribution in [3.63, 3.8) is 0 Å². The maximum absolute atomic E-state index is 11.5. The minimum absolute atomic E-state index is 0.0464. The summed E-state index contributed by atoms with van der Waals surface area (Å²) in [6.07, 6.45) is 0. The van der Waals surface area contributed by atoms with Crippen LogP contribution in [0.2, 0.25) is 0 Å². The monoisotopic (exact) mass is 249 g/mol. The molecular formula is C13H19N3O2. The molecule has 0 aliphatic carbocycles. The average Bonchev–Trinajstić information content (AvgIpc) is 2.29. The van der Waals surface area contributed by atoms with Gasteiger partial charge in [-0.2, -0.15) is 0 Å². The topological polar surface area (TPSA) is 70.2 Å². The molecule has 1 aromatic rings. The number of carbonyl (C=O) groups is 2. The van der Waals surface area contributed by atoms with Gasteiger partial charge in [0.05, 0.1) is 6.54 Å². The first kappa shape index (κ1) is 14.0. The van der Waals surface area contributed by atoms with E-state index in [1.54, 1.807) is 0 Å². The van der Waals surface area contributed by atoms with E-state index in [-0.39, 0.29) is 24.5 Å². The SMILES string of the molecule is Cc1ccc(NC(=O)CNC(=O)NC(C)C)cc1. The Morgan fingerprint density at radius 1 is 1.17 bits per heavy atom. The molecule has 3 N–H and O–H groups in total. The fraction of sp³-hybridized carbons (Fsp3) is 0.385. The van der Waals surface area contributed by atoms with Gasteiger partial charge in [0, 0.05) is 11.7 Å². The molecule has 5 nitrogen and oxygen atoms in total. The molecule has 0 saturated heterocycles. The first-order chi connectivity index (χ1) is 8.47.